The topological polar surface area (TPSA) is 189 Å². The number of benzene rings is 2. The van der Waals surface area contributed by atoms with Crippen LogP contribution in [-0.2, 0) is 42.9 Å². The standard InChI is InChI=1S/C40H44O15/c1-22(2)12-11-13-23(3)18-19-47-33-30-17-16-29(20-31(30)53-39(46)36(33)55-38(45)28-14-9-8-10-15-28)52-40-37(51-27(7)44)35(50-26(6)43)34(49-25(5)42)32(54-40)21-48-24(4)41/h8-10,12,14-18,20,32,34-35,37,40H,11,13,19,21H2,1-7H3/b23-18+/t32-,34-,35+,37-,40-/m1/s1. The highest BCUT2D eigenvalue weighted by Crippen LogP contribution is 2.37. The summed E-state index contributed by atoms with van der Waals surface area (Å²) in [6, 6.07) is 12.3. The van der Waals surface area contributed by atoms with Crippen LogP contribution in [0.2, 0.25) is 0 Å². The minimum Gasteiger partial charge on any atom is -0.485 e. The Morgan fingerprint density at radius 1 is 0.745 bits per heavy atom. The summed E-state index contributed by atoms with van der Waals surface area (Å²) in [5.41, 5.74) is 1.35. The van der Waals surface area contributed by atoms with Gasteiger partial charge in [-0.2, -0.15) is 0 Å². The lowest BCUT2D eigenvalue weighted by molar-refractivity contribution is -0.288. The van der Waals surface area contributed by atoms with Gasteiger partial charge in [0.2, 0.25) is 12.4 Å². The summed E-state index contributed by atoms with van der Waals surface area (Å²) in [6.07, 6.45) is -1.58. The molecule has 1 saturated heterocycles. The molecule has 0 N–H and O–H groups in total. The molecule has 1 fully saturated rings. The van der Waals surface area contributed by atoms with E-state index in [0.717, 1.165) is 46.1 Å². The van der Waals surface area contributed by atoms with Crippen LogP contribution in [0.1, 0.15) is 71.7 Å². The van der Waals surface area contributed by atoms with Crippen LogP contribution in [0.25, 0.3) is 11.0 Å². The molecular formula is C40H44O15. The van der Waals surface area contributed by atoms with Crippen LogP contribution >= 0.6 is 0 Å². The van der Waals surface area contributed by atoms with Gasteiger partial charge in [-0.05, 0) is 64.0 Å². The molecule has 1 aromatic heterocycles. The molecule has 2 heterocycles. The number of fused-ring (bicyclic) bond motifs is 1. The Bertz CT molecular complexity index is 1990. The molecule has 15 nitrogen and oxygen atoms in total. The molecule has 0 radical (unpaired) electrons. The van der Waals surface area contributed by atoms with Gasteiger partial charge in [0.25, 0.3) is 5.75 Å². The van der Waals surface area contributed by atoms with E-state index in [1.54, 1.807) is 18.2 Å². The number of allylic oxidation sites excluding steroid dienone is 3. The number of hydrogen-bond acceptors (Lipinski definition) is 15. The normalized spacial score (nSPS) is 19.4. The summed E-state index contributed by atoms with van der Waals surface area (Å²) >= 11 is 0. The van der Waals surface area contributed by atoms with Gasteiger partial charge in [0, 0.05) is 33.8 Å². The van der Waals surface area contributed by atoms with Crippen LogP contribution in [0.3, 0.4) is 0 Å². The fourth-order valence-electron chi connectivity index (χ4n) is 5.54. The van der Waals surface area contributed by atoms with Crippen molar-refractivity contribution in [2.75, 3.05) is 13.2 Å². The molecule has 4 rings (SSSR count). The first-order valence-electron chi connectivity index (χ1n) is 17.4. The van der Waals surface area contributed by atoms with E-state index in [1.165, 1.54) is 35.9 Å². The average Bonchev–Trinajstić information content (AvgIpc) is 3.10. The zero-order valence-electron chi connectivity index (χ0n) is 31.6. The summed E-state index contributed by atoms with van der Waals surface area (Å²) < 4.78 is 50.8. The zero-order valence-corrected chi connectivity index (χ0v) is 31.6. The van der Waals surface area contributed by atoms with Gasteiger partial charge < -0.3 is 42.3 Å². The van der Waals surface area contributed by atoms with Crippen LogP contribution in [0.15, 0.2) is 81.0 Å². The van der Waals surface area contributed by atoms with Gasteiger partial charge in [0.1, 0.15) is 30.7 Å². The summed E-state index contributed by atoms with van der Waals surface area (Å²) in [6.45, 7) is 10.0. The maximum absolute atomic E-state index is 13.4. The van der Waals surface area contributed by atoms with Gasteiger partial charge in [0.05, 0.1) is 10.9 Å². The molecule has 0 unspecified atom stereocenters. The maximum atomic E-state index is 13.4. The minimum absolute atomic E-state index is 0.00606. The number of esters is 5. The quantitative estimate of drug-likeness (QED) is 0.0810. The molecule has 0 aliphatic carbocycles. The SMILES string of the molecule is CC(=O)OC[C@H]1O[C@@H](Oc2ccc3c(OC/C=C(\C)CCC=C(C)C)c(OC(=O)c4ccccc4)c(=O)oc3c2)[C@H](OC(C)=O)[C@@H](OC(C)=O)[C@@H]1OC(C)=O. The highest BCUT2D eigenvalue weighted by atomic mass is 16.7. The van der Waals surface area contributed by atoms with E-state index in [-0.39, 0.29) is 34.6 Å². The zero-order chi connectivity index (χ0) is 40.2. The predicted octanol–water partition coefficient (Wildman–Crippen LogP) is 5.55. The summed E-state index contributed by atoms with van der Waals surface area (Å²) in [5, 5.41) is 0.236. The second kappa shape index (κ2) is 19.4. The van der Waals surface area contributed by atoms with Gasteiger partial charge in [0.15, 0.2) is 18.0 Å². The molecule has 3 aromatic rings. The van der Waals surface area contributed by atoms with Gasteiger partial charge >= 0.3 is 35.5 Å². The van der Waals surface area contributed by atoms with Crippen molar-refractivity contribution < 1.29 is 66.3 Å². The maximum Gasteiger partial charge on any atom is 0.383 e. The average molecular weight is 765 g/mol. The van der Waals surface area contributed by atoms with Gasteiger partial charge in [-0.15, -0.1) is 0 Å². The molecule has 0 bridgehead atoms. The molecule has 1 aliphatic rings. The fraction of sp³-hybridized carbons (Fsp3) is 0.400. The highest BCUT2D eigenvalue weighted by molar-refractivity contribution is 5.93. The smallest absolute Gasteiger partial charge is 0.383 e. The minimum atomic E-state index is -1.55. The molecular weight excluding hydrogens is 720 g/mol. The molecule has 294 valence electrons. The second-order valence-electron chi connectivity index (χ2n) is 12.8. The van der Waals surface area contributed by atoms with Crippen molar-refractivity contribution in [3.63, 3.8) is 0 Å². The molecule has 2 aromatic carbocycles. The van der Waals surface area contributed by atoms with Crippen molar-refractivity contribution >= 4 is 40.8 Å². The van der Waals surface area contributed by atoms with Crippen molar-refractivity contribution in [2.45, 2.75) is 92.0 Å². The van der Waals surface area contributed by atoms with Crippen molar-refractivity contribution in [3.05, 3.63) is 87.8 Å². The monoisotopic (exact) mass is 764 g/mol. The van der Waals surface area contributed by atoms with E-state index in [2.05, 4.69) is 6.08 Å². The van der Waals surface area contributed by atoms with Crippen molar-refractivity contribution in [3.8, 4) is 17.2 Å². The summed E-state index contributed by atoms with van der Waals surface area (Å²) in [7, 11) is 0. The number of carbonyl (C=O) groups is 5. The van der Waals surface area contributed by atoms with E-state index < -0.39 is 78.5 Å². The van der Waals surface area contributed by atoms with Gasteiger partial charge in [-0.3, -0.25) is 19.2 Å². The van der Waals surface area contributed by atoms with Gasteiger partial charge in [-0.1, -0.05) is 35.4 Å². The first-order valence-corrected chi connectivity index (χ1v) is 17.4. The molecule has 15 heteroatoms. The predicted molar refractivity (Wildman–Crippen MR) is 194 cm³/mol. The third kappa shape index (κ3) is 12.0. The van der Waals surface area contributed by atoms with E-state index in [1.807, 2.05) is 26.8 Å². The van der Waals surface area contributed by atoms with Crippen LogP contribution in [0.5, 0.6) is 17.2 Å². The summed E-state index contributed by atoms with van der Waals surface area (Å²) in [5.74, 6) is -4.43. The third-order valence-electron chi connectivity index (χ3n) is 7.95. The Morgan fingerprint density at radius 3 is 2.04 bits per heavy atom. The molecule has 1 aliphatic heterocycles. The number of ether oxygens (including phenoxy) is 8. The van der Waals surface area contributed by atoms with Crippen LogP contribution in [0, 0.1) is 0 Å². The molecule has 0 spiro atoms. The molecule has 0 saturated carbocycles. The lowest BCUT2D eigenvalue weighted by Gasteiger charge is -2.43. The van der Waals surface area contributed by atoms with Gasteiger partial charge in [-0.25, -0.2) is 9.59 Å². The van der Waals surface area contributed by atoms with Crippen molar-refractivity contribution in [1.29, 1.82) is 0 Å². The highest BCUT2D eigenvalue weighted by Gasteiger charge is 2.53. The van der Waals surface area contributed by atoms with Crippen LogP contribution in [0.4, 0.5) is 0 Å². The lowest BCUT2D eigenvalue weighted by Crippen LogP contribution is -2.63. The number of hydrogen-bond donors (Lipinski definition) is 0. The number of rotatable bonds is 15. The van der Waals surface area contributed by atoms with Crippen molar-refractivity contribution in [1.82, 2.24) is 0 Å². The molecule has 5 atom stereocenters. The number of carbonyl (C=O) groups excluding carboxylic acids is 5. The Hall–Kier alpha value is -5.96. The summed E-state index contributed by atoms with van der Waals surface area (Å²) in [4.78, 5) is 74.8. The Morgan fingerprint density at radius 2 is 1.40 bits per heavy atom. The Balaban J connectivity index is 1.74. The van der Waals surface area contributed by atoms with Crippen molar-refractivity contribution in [2.24, 2.45) is 0 Å². The van der Waals surface area contributed by atoms with E-state index >= 15 is 0 Å². The van der Waals surface area contributed by atoms with E-state index in [0.29, 0.717) is 0 Å². The lowest BCUT2D eigenvalue weighted by atomic mass is 9.98. The van der Waals surface area contributed by atoms with Crippen LogP contribution in [-0.4, -0.2) is 73.8 Å². The first kappa shape index (κ1) is 41.8. The Labute approximate surface area is 317 Å². The third-order valence-corrected chi connectivity index (χ3v) is 7.95. The fourth-order valence-corrected chi connectivity index (χ4v) is 5.54. The van der Waals surface area contributed by atoms with Crippen LogP contribution < -0.4 is 19.8 Å². The second-order valence-corrected chi connectivity index (χ2v) is 12.8. The van der Waals surface area contributed by atoms with E-state index in [4.69, 9.17) is 42.3 Å². The van der Waals surface area contributed by atoms with E-state index in [9.17, 15) is 28.8 Å². The molecule has 55 heavy (non-hydrogen) atoms. The molecule has 0 amide bonds. The largest absolute Gasteiger partial charge is 0.485 e. The first-order chi connectivity index (χ1) is 26.1. The Kier molecular flexibility index (Phi) is 14.7.